The largest absolute Gasteiger partial charge is 0.507 e. The van der Waals surface area contributed by atoms with Crippen LogP contribution in [0.15, 0.2) is 22.7 Å². The number of phenolic OH excluding ortho intramolecular Hbond substituents is 1. The van der Waals surface area contributed by atoms with Crippen molar-refractivity contribution in [2.75, 3.05) is 0 Å². The summed E-state index contributed by atoms with van der Waals surface area (Å²) in [6.45, 7) is 4.33. The molecular formula is C13H15IN2O2. The molecule has 0 radical (unpaired) electrons. The van der Waals surface area contributed by atoms with E-state index in [-0.39, 0.29) is 5.75 Å². The van der Waals surface area contributed by atoms with Crippen molar-refractivity contribution in [1.82, 2.24) is 10.1 Å². The van der Waals surface area contributed by atoms with Gasteiger partial charge in [0.2, 0.25) is 0 Å². The number of phenols is 1. The average molecular weight is 358 g/mol. The number of nitrogens with zero attached hydrogens (tertiary/aromatic N) is 2. The van der Waals surface area contributed by atoms with E-state index in [0.29, 0.717) is 11.8 Å². The van der Waals surface area contributed by atoms with Crippen molar-refractivity contribution < 1.29 is 9.63 Å². The zero-order valence-electron chi connectivity index (χ0n) is 10.4. The fourth-order valence-electron chi connectivity index (χ4n) is 1.54. The number of hydrogen-bond donors (Lipinski definition) is 1. The van der Waals surface area contributed by atoms with Gasteiger partial charge in [0.15, 0.2) is 5.82 Å². The van der Waals surface area contributed by atoms with Gasteiger partial charge in [-0.05, 0) is 53.1 Å². The third kappa shape index (κ3) is 3.22. The van der Waals surface area contributed by atoms with Crippen molar-refractivity contribution in [2.24, 2.45) is 5.92 Å². The molecule has 0 aliphatic rings. The van der Waals surface area contributed by atoms with Crippen LogP contribution in [0.3, 0.4) is 0 Å². The maximum Gasteiger partial charge on any atom is 0.258 e. The molecule has 0 saturated heterocycles. The summed E-state index contributed by atoms with van der Waals surface area (Å²) < 4.78 is 6.00. The molecule has 2 rings (SSSR count). The summed E-state index contributed by atoms with van der Waals surface area (Å²) in [5.41, 5.74) is 0.746. The van der Waals surface area contributed by atoms with Gasteiger partial charge in [0.1, 0.15) is 5.75 Å². The molecule has 0 amide bonds. The van der Waals surface area contributed by atoms with Crippen LogP contribution in [0.2, 0.25) is 0 Å². The summed E-state index contributed by atoms with van der Waals surface area (Å²) in [7, 11) is 0. The molecule has 0 spiro atoms. The number of benzene rings is 1. The summed E-state index contributed by atoms with van der Waals surface area (Å²) in [5, 5.41) is 13.6. The number of rotatable bonds is 4. The zero-order chi connectivity index (χ0) is 13.1. The minimum Gasteiger partial charge on any atom is -0.507 e. The molecule has 18 heavy (non-hydrogen) atoms. The van der Waals surface area contributed by atoms with Gasteiger partial charge in [-0.2, -0.15) is 4.98 Å². The first-order chi connectivity index (χ1) is 8.56. The second-order valence-electron chi connectivity index (χ2n) is 4.61. The van der Waals surface area contributed by atoms with E-state index in [2.05, 4.69) is 46.6 Å². The van der Waals surface area contributed by atoms with Gasteiger partial charge in [0.05, 0.1) is 3.57 Å². The molecule has 0 unspecified atom stereocenters. The molecule has 1 heterocycles. The Kier molecular flexibility index (Phi) is 4.21. The predicted octanol–water partition coefficient (Wildman–Crippen LogP) is 3.64. The fourth-order valence-corrected chi connectivity index (χ4v) is 1.87. The van der Waals surface area contributed by atoms with E-state index in [1.165, 1.54) is 0 Å². The minimum atomic E-state index is 0.232. The Morgan fingerprint density at radius 3 is 2.83 bits per heavy atom. The molecule has 5 heteroatoms. The Morgan fingerprint density at radius 2 is 2.17 bits per heavy atom. The van der Waals surface area contributed by atoms with Gasteiger partial charge in [-0.15, -0.1) is 0 Å². The summed E-state index contributed by atoms with van der Waals surface area (Å²) in [6.07, 6.45) is 1.86. The molecule has 1 N–H and O–H groups in total. The molecule has 4 nitrogen and oxygen atoms in total. The van der Waals surface area contributed by atoms with E-state index in [4.69, 9.17) is 4.52 Å². The van der Waals surface area contributed by atoms with E-state index in [0.717, 1.165) is 27.8 Å². The molecule has 1 aromatic carbocycles. The van der Waals surface area contributed by atoms with Crippen LogP contribution in [0.4, 0.5) is 0 Å². The quantitative estimate of drug-likeness (QED) is 0.848. The third-order valence-electron chi connectivity index (χ3n) is 2.61. The van der Waals surface area contributed by atoms with Gasteiger partial charge in [0, 0.05) is 12.0 Å². The van der Waals surface area contributed by atoms with E-state index >= 15 is 0 Å². The average Bonchev–Trinajstić information content (AvgIpc) is 2.79. The van der Waals surface area contributed by atoms with Crippen LogP contribution < -0.4 is 0 Å². The lowest BCUT2D eigenvalue weighted by atomic mass is 10.1. The van der Waals surface area contributed by atoms with Crippen molar-refractivity contribution in [2.45, 2.75) is 26.7 Å². The molecule has 0 fully saturated rings. The first kappa shape index (κ1) is 13.3. The second kappa shape index (κ2) is 5.69. The molecule has 0 aliphatic heterocycles. The number of aryl methyl sites for hydroxylation is 1. The summed E-state index contributed by atoms with van der Waals surface area (Å²) >= 11 is 2.07. The standard InChI is InChI=1S/C13H15IN2O2/c1-8(2)3-6-12-15-13(18-16-12)9-4-5-10(14)11(17)7-9/h4-5,7-8,17H,3,6H2,1-2H3. The predicted molar refractivity (Wildman–Crippen MR) is 77.3 cm³/mol. The van der Waals surface area contributed by atoms with Crippen molar-refractivity contribution in [1.29, 1.82) is 0 Å². The van der Waals surface area contributed by atoms with E-state index in [1.54, 1.807) is 6.07 Å². The molecule has 0 bridgehead atoms. The van der Waals surface area contributed by atoms with Gasteiger partial charge in [0.25, 0.3) is 5.89 Å². The van der Waals surface area contributed by atoms with Gasteiger partial charge in [-0.25, -0.2) is 0 Å². The highest BCUT2D eigenvalue weighted by molar-refractivity contribution is 14.1. The Hall–Kier alpha value is -1.11. The molecule has 0 atom stereocenters. The maximum atomic E-state index is 9.65. The summed E-state index contributed by atoms with van der Waals surface area (Å²) in [4.78, 5) is 4.33. The highest BCUT2D eigenvalue weighted by Crippen LogP contribution is 2.26. The van der Waals surface area contributed by atoms with Gasteiger partial charge >= 0.3 is 0 Å². The van der Waals surface area contributed by atoms with Crippen LogP contribution in [0.25, 0.3) is 11.5 Å². The Bertz CT molecular complexity index is 538. The molecular weight excluding hydrogens is 343 g/mol. The van der Waals surface area contributed by atoms with Crippen molar-refractivity contribution >= 4 is 22.6 Å². The molecule has 0 aliphatic carbocycles. The van der Waals surface area contributed by atoms with Crippen LogP contribution >= 0.6 is 22.6 Å². The van der Waals surface area contributed by atoms with Crippen molar-refractivity contribution in [3.05, 3.63) is 27.6 Å². The molecule has 2 aromatic rings. The van der Waals surface area contributed by atoms with Crippen LogP contribution in [0.1, 0.15) is 26.1 Å². The monoisotopic (exact) mass is 358 g/mol. The van der Waals surface area contributed by atoms with Crippen LogP contribution in [0, 0.1) is 9.49 Å². The number of aromatic nitrogens is 2. The maximum absolute atomic E-state index is 9.65. The number of halogens is 1. The van der Waals surface area contributed by atoms with Crippen molar-refractivity contribution in [3.63, 3.8) is 0 Å². The lowest BCUT2D eigenvalue weighted by molar-refractivity contribution is 0.418. The first-order valence-electron chi connectivity index (χ1n) is 5.87. The first-order valence-corrected chi connectivity index (χ1v) is 6.95. The second-order valence-corrected chi connectivity index (χ2v) is 5.78. The van der Waals surface area contributed by atoms with Crippen LogP contribution in [0.5, 0.6) is 5.75 Å². The highest BCUT2D eigenvalue weighted by Gasteiger charge is 2.10. The smallest absolute Gasteiger partial charge is 0.258 e. The lowest BCUT2D eigenvalue weighted by Crippen LogP contribution is -1.93. The van der Waals surface area contributed by atoms with Gasteiger partial charge < -0.3 is 9.63 Å². The molecule has 96 valence electrons. The normalized spacial score (nSPS) is 11.1. The van der Waals surface area contributed by atoms with E-state index in [9.17, 15) is 5.11 Å². The fraction of sp³-hybridized carbons (Fsp3) is 0.385. The lowest BCUT2D eigenvalue weighted by Gasteiger charge is -1.99. The summed E-state index contributed by atoms with van der Waals surface area (Å²) in [6, 6.07) is 5.33. The third-order valence-corrected chi connectivity index (χ3v) is 3.52. The zero-order valence-corrected chi connectivity index (χ0v) is 12.5. The Balaban J connectivity index is 2.16. The van der Waals surface area contributed by atoms with Gasteiger partial charge in [-0.1, -0.05) is 19.0 Å². The van der Waals surface area contributed by atoms with E-state index in [1.807, 2.05) is 12.1 Å². The SMILES string of the molecule is CC(C)CCc1noc(-c2ccc(I)c(O)c2)n1. The Morgan fingerprint density at radius 1 is 1.39 bits per heavy atom. The number of aromatic hydroxyl groups is 1. The Labute approximate surface area is 120 Å². The highest BCUT2D eigenvalue weighted by atomic mass is 127. The van der Waals surface area contributed by atoms with Crippen LogP contribution in [-0.2, 0) is 6.42 Å². The summed E-state index contributed by atoms with van der Waals surface area (Å²) in [5.74, 6) is 2.03. The van der Waals surface area contributed by atoms with Crippen molar-refractivity contribution in [3.8, 4) is 17.2 Å². The van der Waals surface area contributed by atoms with Gasteiger partial charge in [-0.3, -0.25) is 0 Å². The minimum absolute atomic E-state index is 0.232. The molecule has 1 aromatic heterocycles. The molecule has 0 saturated carbocycles. The van der Waals surface area contributed by atoms with E-state index < -0.39 is 0 Å². The van der Waals surface area contributed by atoms with Crippen LogP contribution in [-0.4, -0.2) is 15.2 Å². The number of hydrogen-bond acceptors (Lipinski definition) is 4. The topological polar surface area (TPSA) is 59.2 Å².